The highest BCUT2D eigenvalue weighted by molar-refractivity contribution is 7.92. The number of aryl methyl sites for hydroxylation is 4. The molecule has 1 aromatic heterocycles. The standard InChI is InChI=1S/C14H19N3O3S/c1-8-6-9(2)13(18)12(7-8)16-21(19,20)14-10(3)15-17(5)11(14)4/h6-7,16,18H,1-5H3. The predicted octanol–water partition coefficient (Wildman–Crippen LogP) is 2.16. The lowest BCUT2D eigenvalue weighted by Gasteiger charge is -2.12. The fourth-order valence-electron chi connectivity index (χ4n) is 2.38. The molecule has 2 N–H and O–H groups in total. The molecule has 0 bridgehead atoms. The first-order valence-corrected chi connectivity index (χ1v) is 7.95. The smallest absolute Gasteiger partial charge is 0.265 e. The Labute approximate surface area is 124 Å². The van der Waals surface area contributed by atoms with Gasteiger partial charge in [0.25, 0.3) is 10.0 Å². The summed E-state index contributed by atoms with van der Waals surface area (Å²) < 4.78 is 29.1. The Balaban J connectivity index is 2.52. The first-order chi connectivity index (χ1) is 9.63. The Morgan fingerprint density at radius 3 is 2.33 bits per heavy atom. The van der Waals surface area contributed by atoms with Crippen molar-refractivity contribution in [1.29, 1.82) is 0 Å². The van der Waals surface area contributed by atoms with Gasteiger partial charge in [-0.1, -0.05) is 6.07 Å². The third-order valence-electron chi connectivity index (χ3n) is 3.40. The number of anilines is 1. The molecule has 7 heteroatoms. The molecule has 0 aliphatic carbocycles. The summed E-state index contributed by atoms with van der Waals surface area (Å²) in [6.45, 7) is 6.89. The van der Waals surface area contributed by atoms with Gasteiger partial charge in [-0.2, -0.15) is 5.10 Å². The molecule has 21 heavy (non-hydrogen) atoms. The molecule has 2 aromatic rings. The fraction of sp³-hybridized carbons (Fsp3) is 0.357. The summed E-state index contributed by atoms with van der Waals surface area (Å²) in [7, 11) is -2.11. The fourth-order valence-corrected chi connectivity index (χ4v) is 3.87. The van der Waals surface area contributed by atoms with Crippen LogP contribution in [0, 0.1) is 27.7 Å². The molecule has 2 rings (SSSR count). The maximum Gasteiger partial charge on any atom is 0.265 e. The maximum absolute atomic E-state index is 12.6. The van der Waals surface area contributed by atoms with Gasteiger partial charge in [-0.3, -0.25) is 9.40 Å². The van der Waals surface area contributed by atoms with E-state index in [0.717, 1.165) is 5.56 Å². The van der Waals surface area contributed by atoms with Gasteiger partial charge in [0.1, 0.15) is 10.6 Å². The molecule has 0 atom stereocenters. The number of aromatic hydroxyl groups is 1. The second kappa shape index (κ2) is 5.07. The lowest BCUT2D eigenvalue weighted by molar-refractivity contribution is 0.473. The SMILES string of the molecule is Cc1cc(C)c(O)c(NS(=O)(=O)c2c(C)nn(C)c2C)c1. The van der Waals surface area contributed by atoms with Crippen molar-refractivity contribution in [2.24, 2.45) is 7.05 Å². The molecule has 0 spiro atoms. The summed E-state index contributed by atoms with van der Waals surface area (Å²) in [5, 5.41) is 14.1. The second-order valence-corrected chi connectivity index (χ2v) is 6.83. The van der Waals surface area contributed by atoms with Crippen LogP contribution in [0.2, 0.25) is 0 Å². The summed E-state index contributed by atoms with van der Waals surface area (Å²) in [5.41, 5.74) is 2.63. The number of phenols is 1. The molecule has 0 aliphatic rings. The van der Waals surface area contributed by atoms with Crippen molar-refractivity contribution >= 4 is 15.7 Å². The predicted molar refractivity (Wildman–Crippen MR) is 81.1 cm³/mol. The van der Waals surface area contributed by atoms with Crippen molar-refractivity contribution in [2.45, 2.75) is 32.6 Å². The highest BCUT2D eigenvalue weighted by atomic mass is 32.2. The van der Waals surface area contributed by atoms with Gasteiger partial charge in [-0.25, -0.2) is 8.42 Å². The molecule has 0 aliphatic heterocycles. The van der Waals surface area contributed by atoms with Crippen LogP contribution in [-0.2, 0) is 17.1 Å². The van der Waals surface area contributed by atoms with Gasteiger partial charge in [0.05, 0.1) is 17.1 Å². The first kappa shape index (κ1) is 15.4. The van der Waals surface area contributed by atoms with Crippen molar-refractivity contribution in [3.63, 3.8) is 0 Å². The van der Waals surface area contributed by atoms with Crippen LogP contribution in [-0.4, -0.2) is 23.3 Å². The van der Waals surface area contributed by atoms with E-state index in [1.165, 1.54) is 4.68 Å². The average molecular weight is 309 g/mol. The molecular weight excluding hydrogens is 290 g/mol. The Kier molecular flexibility index (Phi) is 3.71. The highest BCUT2D eigenvalue weighted by Crippen LogP contribution is 2.31. The van der Waals surface area contributed by atoms with Crippen LogP contribution in [0.15, 0.2) is 17.0 Å². The largest absolute Gasteiger partial charge is 0.505 e. The topological polar surface area (TPSA) is 84.2 Å². The third kappa shape index (κ3) is 2.73. The van der Waals surface area contributed by atoms with E-state index in [9.17, 15) is 13.5 Å². The van der Waals surface area contributed by atoms with E-state index in [-0.39, 0.29) is 16.3 Å². The number of sulfonamides is 1. The Hall–Kier alpha value is -2.02. The van der Waals surface area contributed by atoms with Gasteiger partial charge < -0.3 is 5.11 Å². The van der Waals surface area contributed by atoms with Crippen LogP contribution in [0.4, 0.5) is 5.69 Å². The summed E-state index contributed by atoms with van der Waals surface area (Å²) in [5.74, 6) is -0.0663. The number of benzene rings is 1. The van der Waals surface area contributed by atoms with Crippen molar-refractivity contribution in [3.05, 3.63) is 34.6 Å². The molecule has 6 nitrogen and oxygen atoms in total. The second-order valence-electron chi connectivity index (χ2n) is 5.21. The van der Waals surface area contributed by atoms with Crippen LogP contribution in [0.5, 0.6) is 5.75 Å². The monoisotopic (exact) mass is 309 g/mol. The van der Waals surface area contributed by atoms with Crippen molar-refractivity contribution < 1.29 is 13.5 Å². The minimum Gasteiger partial charge on any atom is -0.505 e. The van der Waals surface area contributed by atoms with Crippen LogP contribution in [0.3, 0.4) is 0 Å². The van der Waals surface area contributed by atoms with Gasteiger partial charge in [0.15, 0.2) is 0 Å². The van der Waals surface area contributed by atoms with Crippen LogP contribution in [0.25, 0.3) is 0 Å². The average Bonchev–Trinajstić information content (AvgIpc) is 2.59. The molecule has 0 fully saturated rings. The lowest BCUT2D eigenvalue weighted by Crippen LogP contribution is -2.15. The molecule has 1 aromatic carbocycles. The number of hydrogen-bond acceptors (Lipinski definition) is 4. The van der Waals surface area contributed by atoms with Gasteiger partial charge >= 0.3 is 0 Å². The zero-order chi connectivity index (χ0) is 15.9. The molecule has 0 saturated heterocycles. The third-order valence-corrected chi connectivity index (χ3v) is 5.02. The van der Waals surface area contributed by atoms with Gasteiger partial charge in [-0.05, 0) is 44.9 Å². The van der Waals surface area contributed by atoms with Gasteiger partial charge in [0.2, 0.25) is 0 Å². The number of nitrogens with one attached hydrogen (secondary N) is 1. The summed E-state index contributed by atoms with van der Waals surface area (Å²) in [4.78, 5) is 0.142. The Morgan fingerprint density at radius 1 is 1.19 bits per heavy atom. The molecular formula is C14H19N3O3S. The highest BCUT2D eigenvalue weighted by Gasteiger charge is 2.25. The quantitative estimate of drug-likeness (QED) is 0.851. The number of rotatable bonds is 3. The lowest BCUT2D eigenvalue weighted by atomic mass is 10.1. The Morgan fingerprint density at radius 2 is 1.81 bits per heavy atom. The number of aromatic nitrogens is 2. The normalized spacial score (nSPS) is 11.7. The van der Waals surface area contributed by atoms with Crippen LogP contribution in [0.1, 0.15) is 22.5 Å². The molecule has 0 unspecified atom stereocenters. The van der Waals surface area contributed by atoms with Gasteiger partial charge in [0, 0.05) is 7.05 Å². The van der Waals surface area contributed by atoms with E-state index in [2.05, 4.69) is 9.82 Å². The summed E-state index contributed by atoms with van der Waals surface area (Å²) >= 11 is 0. The number of phenolic OH excluding ortho intramolecular Hbond substituents is 1. The number of hydrogen-bond donors (Lipinski definition) is 2. The summed E-state index contributed by atoms with van der Waals surface area (Å²) in [6.07, 6.45) is 0. The Bertz CT molecular complexity index is 807. The van der Waals surface area contributed by atoms with E-state index in [0.29, 0.717) is 17.0 Å². The van der Waals surface area contributed by atoms with E-state index in [1.807, 2.05) is 6.92 Å². The minimum absolute atomic E-state index is 0.0663. The molecule has 0 saturated carbocycles. The van der Waals surface area contributed by atoms with Crippen molar-refractivity contribution in [2.75, 3.05) is 4.72 Å². The van der Waals surface area contributed by atoms with E-state index in [1.54, 1.807) is 40.0 Å². The van der Waals surface area contributed by atoms with Crippen molar-refractivity contribution in [3.8, 4) is 5.75 Å². The summed E-state index contributed by atoms with van der Waals surface area (Å²) in [6, 6.07) is 3.38. The molecule has 114 valence electrons. The van der Waals surface area contributed by atoms with Crippen LogP contribution < -0.4 is 4.72 Å². The molecule has 0 radical (unpaired) electrons. The zero-order valence-electron chi connectivity index (χ0n) is 12.7. The minimum atomic E-state index is -3.80. The van der Waals surface area contributed by atoms with Gasteiger partial charge in [-0.15, -0.1) is 0 Å². The van der Waals surface area contributed by atoms with Crippen molar-refractivity contribution in [1.82, 2.24) is 9.78 Å². The van der Waals surface area contributed by atoms with E-state index >= 15 is 0 Å². The molecule has 0 amide bonds. The maximum atomic E-state index is 12.6. The zero-order valence-corrected chi connectivity index (χ0v) is 13.5. The number of nitrogens with zero attached hydrogens (tertiary/aromatic N) is 2. The van der Waals surface area contributed by atoms with E-state index < -0.39 is 10.0 Å². The first-order valence-electron chi connectivity index (χ1n) is 6.46. The van der Waals surface area contributed by atoms with E-state index in [4.69, 9.17) is 0 Å². The van der Waals surface area contributed by atoms with Crippen LogP contribution >= 0.6 is 0 Å². The molecule has 1 heterocycles.